The van der Waals surface area contributed by atoms with Gasteiger partial charge in [0.1, 0.15) is 34.6 Å². The lowest BCUT2D eigenvalue weighted by molar-refractivity contribution is -0.123. The Morgan fingerprint density at radius 1 is 1.14 bits per heavy atom. The lowest BCUT2D eigenvalue weighted by Crippen LogP contribution is -2.49. The Kier molecular flexibility index (Phi) is 7.15. The Morgan fingerprint density at radius 3 is 2.47 bits per heavy atom. The van der Waals surface area contributed by atoms with Crippen molar-refractivity contribution in [1.29, 1.82) is 0 Å². The summed E-state index contributed by atoms with van der Waals surface area (Å²) in [5.74, 6) is -3.98. The number of aromatic nitrogens is 2. The Balaban J connectivity index is 1.63. The fraction of sp³-hybridized carbons (Fsp3) is 0.370. The highest BCUT2D eigenvalue weighted by atomic mass is 19.1. The third-order valence-corrected chi connectivity index (χ3v) is 7.17. The van der Waals surface area contributed by atoms with Crippen LogP contribution in [0, 0.1) is 23.4 Å². The monoisotopic (exact) mass is 500 g/mol. The Labute approximate surface area is 206 Å². The summed E-state index contributed by atoms with van der Waals surface area (Å²) in [5, 5.41) is 21.0. The minimum Gasteiger partial charge on any atom is -0.497 e. The van der Waals surface area contributed by atoms with Gasteiger partial charge in [0.15, 0.2) is 5.78 Å². The molecule has 6 nitrogen and oxygen atoms in total. The Hall–Kier alpha value is -3.30. The molecule has 0 amide bonds. The Morgan fingerprint density at radius 2 is 1.83 bits per heavy atom. The standard InChI is InChI=1S/C27H27F3N2O4/c1-14-8-15(10-24(34)27(14,2)35)18-6-7-31-13-16(18)9-23(33)22-5-4-19(28)26(32-22)25-20(29)11-17(36-3)12-21(25)30/h4-7,11-15,24,34-35H,8-10H2,1-3H3/t14-,15+,24+,27+/m0/s1. The molecule has 1 aliphatic carbocycles. The molecule has 0 aliphatic heterocycles. The number of methoxy groups -OCH3 is 1. The lowest BCUT2D eigenvalue weighted by Gasteiger charge is -2.43. The number of aliphatic hydroxyl groups excluding tert-OH is 1. The van der Waals surface area contributed by atoms with Gasteiger partial charge in [-0.3, -0.25) is 9.78 Å². The number of benzene rings is 1. The van der Waals surface area contributed by atoms with E-state index in [4.69, 9.17) is 4.74 Å². The number of Topliss-reactive ketones (excluding diaryl/α,β-unsaturated/α-hetero) is 1. The van der Waals surface area contributed by atoms with Gasteiger partial charge in [0.2, 0.25) is 0 Å². The molecule has 0 bridgehead atoms. The number of nitrogens with zero attached hydrogens (tertiary/aromatic N) is 2. The predicted molar refractivity (Wildman–Crippen MR) is 126 cm³/mol. The molecule has 4 atom stereocenters. The van der Waals surface area contributed by atoms with Crippen molar-refractivity contribution in [3.8, 4) is 17.0 Å². The van der Waals surface area contributed by atoms with Crippen LogP contribution in [0.1, 0.15) is 54.2 Å². The normalized spacial score (nSPS) is 23.9. The Bertz CT molecular complexity index is 1260. The van der Waals surface area contributed by atoms with Crippen LogP contribution >= 0.6 is 0 Å². The van der Waals surface area contributed by atoms with Crippen LogP contribution in [0.5, 0.6) is 5.75 Å². The molecule has 1 aliphatic rings. The third kappa shape index (κ3) is 4.85. The molecule has 3 aromatic rings. The van der Waals surface area contributed by atoms with Crippen molar-refractivity contribution >= 4 is 5.78 Å². The third-order valence-electron chi connectivity index (χ3n) is 7.17. The number of halogens is 3. The highest BCUT2D eigenvalue weighted by molar-refractivity contribution is 5.96. The summed E-state index contributed by atoms with van der Waals surface area (Å²) in [4.78, 5) is 21.2. The number of aliphatic hydroxyl groups is 2. The van der Waals surface area contributed by atoms with E-state index in [1.54, 1.807) is 25.4 Å². The average molecular weight is 501 g/mol. The van der Waals surface area contributed by atoms with Gasteiger partial charge in [-0.05, 0) is 60.9 Å². The molecular formula is C27H27F3N2O4. The fourth-order valence-corrected chi connectivity index (χ4v) is 4.77. The average Bonchev–Trinajstić information content (AvgIpc) is 2.83. The lowest BCUT2D eigenvalue weighted by atomic mass is 9.68. The summed E-state index contributed by atoms with van der Waals surface area (Å²) < 4.78 is 48.5. The van der Waals surface area contributed by atoms with Gasteiger partial charge in [0.25, 0.3) is 0 Å². The zero-order chi connectivity index (χ0) is 26.2. The summed E-state index contributed by atoms with van der Waals surface area (Å²) in [6.45, 7) is 3.48. The van der Waals surface area contributed by atoms with Gasteiger partial charge in [-0.15, -0.1) is 0 Å². The largest absolute Gasteiger partial charge is 0.497 e. The molecule has 1 fully saturated rings. The van der Waals surface area contributed by atoms with Crippen molar-refractivity contribution in [3.05, 3.63) is 77.0 Å². The van der Waals surface area contributed by atoms with Crippen LogP contribution in [0.25, 0.3) is 11.3 Å². The zero-order valence-corrected chi connectivity index (χ0v) is 20.1. The first kappa shape index (κ1) is 25.8. The second kappa shape index (κ2) is 9.99. The molecular weight excluding hydrogens is 473 g/mol. The van der Waals surface area contributed by atoms with E-state index in [1.807, 2.05) is 6.92 Å². The SMILES string of the molecule is COc1cc(F)c(-c2nc(C(=O)Cc3cnccc3[C@H]3C[C@@H](O)[C@](C)(O)[C@@H](C)C3)ccc2F)c(F)c1. The van der Waals surface area contributed by atoms with Crippen LogP contribution in [0.2, 0.25) is 0 Å². The maximum atomic E-state index is 14.6. The molecule has 2 N–H and O–H groups in total. The number of rotatable bonds is 6. The van der Waals surface area contributed by atoms with Crippen molar-refractivity contribution in [2.45, 2.75) is 50.7 Å². The molecule has 2 heterocycles. The molecule has 0 saturated heterocycles. The second-order valence-corrected chi connectivity index (χ2v) is 9.48. The molecule has 9 heteroatoms. The molecule has 0 radical (unpaired) electrons. The van der Waals surface area contributed by atoms with Gasteiger partial charge in [-0.25, -0.2) is 18.2 Å². The van der Waals surface area contributed by atoms with E-state index in [0.717, 1.165) is 23.8 Å². The van der Waals surface area contributed by atoms with Gasteiger partial charge in [0, 0.05) is 30.9 Å². The number of pyridine rings is 2. The number of ketones is 1. The van der Waals surface area contributed by atoms with E-state index in [2.05, 4.69) is 9.97 Å². The molecule has 190 valence electrons. The summed E-state index contributed by atoms with van der Waals surface area (Å²) in [7, 11) is 1.25. The molecule has 36 heavy (non-hydrogen) atoms. The van der Waals surface area contributed by atoms with Gasteiger partial charge in [0.05, 0.1) is 24.4 Å². The van der Waals surface area contributed by atoms with Crippen molar-refractivity contribution in [2.75, 3.05) is 7.11 Å². The van der Waals surface area contributed by atoms with E-state index in [1.165, 1.54) is 13.2 Å². The zero-order valence-electron chi connectivity index (χ0n) is 20.1. The molecule has 1 saturated carbocycles. The fourth-order valence-electron chi connectivity index (χ4n) is 4.77. The van der Waals surface area contributed by atoms with E-state index < -0.39 is 46.2 Å². The van der Waals surface area contributed by atoms with Crippen molar-refractivity contribution in [2.24, 2.45) is 5.92 Å². The maximum absolute atomic E-state index is 14.6. The number of hydrogen-bond donors (Lipinski definition) is 2. The predicted octanol–water partition coefficient (Wildman–Crippen LogP) is 4.62. The van der Waals surface area contributed by atoms with Crippen LogP contribution in [-0.2, 0) is 6.42 Å². The smallest absolute Gasteiger partial charge is 0.185 e. The van der Waals surface area contributed by atoms with Crippen LogP contribution in [0.3, 0.4) is 0 Å². The van der Waals surface area contributed by atoms with Crippen LogP contribution < -0.4 is 4.74 Å². The summed E-state index contributed by atoms with van der Waals surface area (Å²) >= 11 is 0. The summed E-state index contributed by atoms with van der Waals surface area (Å²) in [6, 6.07) is 5.71. The number of hydrogen-bond acceptors (Lipinski definition) is 6. The van der Waals surface area contributed by atoms with Crippen LogP contribution in [0.4, 0.5) is 13.2 Å². The topological polar surface area (TPSA) is 92.5 Å². The first-order chi connectivity index (χ1) is 17.0. The van der Waals surface area contributed by atoms with Gasteiger partial charge >= 0.3 is 0 Å². The number of ether oxygens (including phenoxy) is 1. The summed E-state index contributed by atoms with van der Waals surface area (Å²) in [5.41, 5.74) is -1.26. The van der Waals surface area contributed by atoms with Crippen molar-refractivity contribution < 1.29 is 32.9 Å². The second-order valence-electron chi connectivity index (χ2n) is 9.48. The van der Waals surface area contributed by atoms with E-state index in [0.29, 0.717) is 18.4 Å². The number of carbonyl (C=O) groups is 1. The van der Waals surface area contributed by atoms with E-state index >= 15 is 0 Å². The van der Waals surface area contributed by atoms with Crippen molar-refractivity contribution in [3.63, 3.8) is 0 Å². The molecule has 4 rings (SSSR count). The minimum atomic E-state index is -1.21. The van der Waals surface area contributed by atoms with Gasteiger partial charge in [-0.2, -0.15) is 0 Å². The van der Waals surface area contributed by atoms with Gasteiger partial charge < -0.3 is 14.9 Å². The van der Waals surface area contributed by atoms with Crippen LogP contribution in [0.15, 0.2) is 42.7 Å². The van der Waals surface area contributed by atoms with E-state index in [9.17, 15) is 28.2 Å². The van der Waals surface area contributed by atoms with Crippen molar-refractivity contribution in [1.82, 2.24) is 9.97 Å². The maximum Gasteiger partial charge on any atom is 0.185 e. The summed E-state index contributed by atoms with van der Waals surface area (Å²) in [6.07, 6.45) is 2.99. The molecule has 0 spiro atoms. The molecule has 1 aromatic carbocycles. The first-order valence-electron chi connectivity index (χ1n) is 11.6. The molecule has 2 aromatic heterocycles. The number of carbonyl (C=O) groups excluding carboxylic acids is 1. The van der Waals surface area contributed by atoms with Gasteiger partial charge in [-0.1, -0.05) is 6.92 Å². The van der Waals surface area contributed by atoms with E-state index in [-0.39, 0.29) is 29.7 Å². The van der Waals surface area contributed by atoms with Crippen LogP contribution in [-0.4, -0.2) is 44.8 Å². The quantitative estimate of drug-likeness (QED) is 0.480. The highest BCUT2D eigenvalue weighted by Gasteiger charge is 2.43. The molecule has 0 unspecified atom stereocenters. The first-order valence-corrected chi connectivity index (χ1v) is 11.6. The minimum absolute atomic E-state index is 0.0749. The highest BCUT2D eigenvalue weighted by Crippen LogP contribution is 2.42.